The van der Waals surface area contributed by atoms with Gasteiger partial charge in [0.05, 0.1) is 7.11 Å². The van der Waals surface area contributed by atoms with Crippen molar-refractivity contribution in [3.05, 3.63) is 29.3 Å². The van der Waals surface area contributed by atoms with Crippen LogP contribution in [0.5, 0.6) is 5.75 Å². The maximum atomic E-state index is 5.47. The van der Waals surface area contributed by atoms with Gasteiger partial charge >= 0.3 is 0 Å². The summed E-state index contributed by atoms with van der Waals surface area (Å²) in [5.74, 6) is 2.41. The molecule has 0 bridgehead atoms. The third kappa shape index (κ3) is 7.32. The SMILES string of the molecule is CCN1CCN(CC(C)CNC(=NC)NCCc2cc(C)ccc2OC)CC1. The van der Waals surface area contributed by atoms with Crippen LogP contribution in [0.15, 0.2) is 23.2 Å². The first kappa shape index (κ1) is 22.5. The molecule has 1 fully saturated rings. The number of aliphatic imine (C=N–C) groups is 1. The molecule has 0 radical (unpaired) electrons. The molecule has 6 nitrogen and oxygen atoms in total. The zero-order valence-electron chi connectivity index (χ0n) is 18.4. The summed E-state index contributed by atoms with van der Waals surface area (Å²) in [5.41, 5.74) is 2.48. The molecule has 1 atom stereocenters. The quantitative estimate of drug-likeness (QED) is 0.500. The van der Waals surface area contributed by atoms with Crippen LogP contribution in [-0.4, -0.2) is 82.3 Å². The van der Waals surface area contributed by atoms with Crippen molar-refractivity contribution in [2.24, 2.45) is 10.9 Å². The molecule has 1 aliphatic heterocycles. The highest BCUT2D eigenvalue weighted by molar-refractivity contribution is 5.79. The molecule has 158 valence electrons. The van der Waals surface area contributed by atoms with Gasteiger partial charge in [-0.15, -0.1) is 0 Å². The molecule has 28 heavy (non-hydrogen) atoms. The number of nitrogens with one attached hydrogen (secondary N) is 2. The van der Waals surface area contributed by atoms with Crippen molar-refractivity contribution < 1.29 is 4.74 Å². The predicted molar refractivity (Wildman–Crippen MR) is 119 cm³/mol. The standard InChI is InChI=1S/C22H39N5O/c1-6-26-11-13-27(14-12-26)17-19(3)16-25-22(23-4)24-10-9-20-15-18(2)7-8-21(20)28-5/h7-8,15,19H,6,9-14,16-17H2,1-5H3,(H2,23,24,25). The Hall–Kier alpha value is -1.79. The van der Waals surface area contributed by atoms with E-state index in [0.717, 1.165) is 37.8 Å². The van der Waals surface area contributed by atoms with Gasteiger partial charge in [0.1, 0.15) is 5.75 Å². The average molecular weight is 390 g/mol. The number of methoxy groups -OCH3 is 1. The van der Waals surface area contributed by atoms with Gasteiger partial charge in [0, 0.05) is 52.9 Å². The molecule has 1 saturated heterocycles. The summed E-state index contributed by atoms with van der Waals surface area (Å²) in [6.07, 6.45) is 0.906. The minimum absolute atomic E-state index is 0.587. The van der Waals surface area contributed by atoms with Crippen molar-refractivity contribution in [3.8, 4) is 5.75 Å². The molecule has 1 unspecified atom stereocenters. The van der Waals surface area contributed by atoms with Crippen molar-refractivity contribution in [2.75, 3.05) is 66.5 Å². The van der Waals surface area contributed by atoms with Crippen molar-refractivity contribution in [1.82, 2.24) is 20.4 Å². The van der Waals surface area contributed by atoms with E-state index in [-0.39, 0.29) is 0 Å². The number of rotatable bonds is 9. The largest absolute Gasteiger partial charge is 0.496 e. The Labute approximate surface area is 171 Å². The van der Waals surface area contributed by atoms with Crippen LogP contribution in [0.2, 0.25) is 0 Å². The first-order chi connectivity index (χ1) is 13.5. The Bertz CT molecular complexity index is 611. The lowest BCUT2D eigenvalue weighted by atomic mass is 10.1. The van der Waals surface area contributed by atoms with Crippen molar-refractivity contribution >= 4 is 5.96 Å². The highest BCUT2D eigenvalue weighted by Crippen LogP contribution is 2.19. The van der Waals surface area contributed by atoms with Crippen LogP contribution >= 0.6 is 0 Å². The number of piperazine rings is 1. The van der Waals surface area contributed by atoms with Crippen LogP contribution in [0.4, 0.5) is 0 Å². The summed E-state index contributed by atoms with van der Waals surface area (Å²) in [6.45, 7) is 15.5. The third-order valence-corrected chi connectivity index (χ3v) is 5.45. The van der Waals surface area contributed by atoms with Gasteiger partial charge in [-0.3, -0.25) is 4.99 Å². The number of nitrogens with zero attached hydrogens (tertiary/aromatic N) is 3. The van der Waals surface area contributed by atoms with Gasteiger partial charge in [-0.2, -0.15) is 0 Å². The predicted octanol–water partition coefficient (Wildman–Crippen LogP) is 1.98. The smallest absolute Gasteiger partial charge is 0.190 e. The second kappa shape index (κ2) is 11.9. The first-order valence-electron chi connectivity index (χ1n) is 10.6. The molecule has 2 N–H and O–H groups in total. The third-order valence-electron chi connectivity index (χ3n) is 5.45. The zero-order valence-corrected chi connectivity index (χ0v) is 18.4. The second-order valence-electron chi connectivity index (χ2n) is 7.79. The molecule has 0 amide bonds. The Morgan fingerprint density at radius 1 is 1.18 bits per heavy atom. The van der Waals surface area contributed by atoms with E-state index >= 15 is 0 Å². The molecule has 6 heteroatoms. The average Bonchev–Trinajstić information content (AvgIpc) is 2.71. The van der Waals surface area contributed by atoms with E-state index in [2.05, 4.69) is 58.3 Å². The number of likely N-dealkylation sites (N-methyl/N-ethyl adjacent to an activating group) is 1. The van der Waals surface area contributed by atoms with Gasteiger partial charge in [0.2, 0.25) is 0 Å². The fraction of sp³-hybridized carbons (Fsp3) is 0.682. The molecule has 1 aliphatic rings. The van der Waals surface area contributed by atoms with Gasteiger partial charge in [0.25, 0.3) is 0 Å². The molecule has 1 heterocycles. The van der Waals surface area contributed by atoms with Gasteiger partial charge in [-0.05, 0) is 37.4 Å². The summed E-state index contributed by atoms with van der Waals surface area (Å²) in [7, 11) is 3.56. The molecular formula is C22H39N5O. The van der Waals surface area contributed by atoms with Gasteiger partial charge in [0.15, 0.2) is 5.96 Å². The summed E-state index contributed by atoms with van der Waals surface area (Å²) < 4.78 is 5.47. The molecular weight excluding hydrogens is 350 g/mol. The number of aryl methyl sites for hydroxylation is 1. The lowest BCUT2D eigenvalue weighted by Gasteiger charge is -2.35. The summed E-state index contributed by atoms with van der Waals surface area (Å²) in [4.78, 5) is 9.47. The highest BCUT2D eigenvalue weighted by atomic mass is 16.5. The topological polar surface area (TPSA) is 52.1 Å². The van der Waals surface area contributed by atoms with E-state index in [9.17, 15) is 0 Å². The molecule has 0 spiro atoms. The Morgan fingerprint density at radius 3 is 2.54 bits per heavy atom. The van der Waals surface area contributed by atoms with E-state index in [0.29, 0.717) is 5.92 Å². The van der Waals surface area contributed by atoms with Crippen molar-refractivity contribution in [1.29, 1.82) is 0 Å². The molecule has 2 rings (SSSR count). The highest BCUT2D eigenvalue weighted by Gasteiger charge is 2.17. The minimum Gasteiger partial charge on any atom is -0.496 e. The number of guanidine groups is 1. The van der Waals surface area contributed by atoms with Crippen molar-refractivity contribution in [3.63, 3.8) is 0 Å². The van der Waals surface area contributed by atoms with Crippen LogP contribution < -0.4 is 15.4 Å². The maximum absolute atomic E-state index is 5.47. The molecule has 1 aromatic carbocycles. The van der Waals surface area contributed by atoms with E-state index in [1.54, 1.807) is 7.11 Å². The molecule has 0 aromatic heterocycles. The van der Waals surface area contributed by atoms with Crippen LogP contribution in [0.3, 0.4) is 0 Å². The van der Waals surface area contributed by atoms with Crippen molar-refractivity contribution in [2.45, 2.75) is 27.2 Å². The maximum Gasteiger partial charge on any atom is 0.190 e. The number of hydrogen-bond donors (Lipinski definition) is 2. The lowest BCUT2D eigenvalue weighted by molar-refractivity contribution is 0.124. The monoisotopic (exact) mass is 389 g/mol. The number of benzene rings is 1. The van der Waals surface area contributed by atoms with Crippen LogP contribution in [-0.2, 0) is 6.42 Å². The second-order valence-corrected chi connectivity index (χ2v) is 7.79. The zero-order chi connectivity index (χ0) is 20.4. The van der Waals surface area contributed by atoms with E-state index in [1.165, 1.54) is 43.9 Å². The lowest BCUT2D eigenvalue weighted by Crippen LogP contribution is -2.48. The van der Waals surface area contributed by atoms with Gasteiger partial charge in [-0.1, -0.05) is 31.5 Å². The first-order valence-corrected chi connectivity index (χ1v) is 10.6. The molecule has 1 aromatic rings. The summed E-state index contributed by atoms with van der Waals surface area (Å²) in [5, 5.41) is 6.90. The number of ether oxygens (including phenoxy) is 1. The Balaban J connectivity index is 1.69. The van der Waals surface area contributed by atoms with E-state index < -0.39 is 0 Å². The van der Waals surface area contributed by atoms with Gasteiger partial charge in [-0.25, -0.2) is 0 Å². The van der Waals surface area contributed by atoms with E-state index in [4.69, 9.17) is 4.74 Å². The van der Waals surface area contributed by atoms with Crippen LogP contribution in [0.25, 0.3) is 0 Å². The molecule has 0 saturated carbocycles. The minimum atomic E-state index is 0.587. The fourth-order valence-electron chi connectivity index (χ4n) is 3.70. The number of hydrogen-bond acceptors (Lipinski definition) is 4. The van der Waals surface area contributed by atoms with Crippen LogP contribution in [0.1, 0.15) is 25.0 Å². The molecule has 0 aliphatic carbocycles. The van der Waals surface area contributed by atoms with Gasteiger partial charge < -0.3 is 25.2 Å². The van der Waals surface area contributed by atoms with Crippen LogP contribution in [0, 0.1) is 12.8 Å². The normalized spacial score (nSPS) is 17.4. The summed E-state index contributed by atoms with van der Waals surface area (Å²) >= 11 is 0. The Kier molecular flexibility index (Phi) is 9.58. The Morgan fingerprint density at radius 2 is 1.89 bits per heavy atom. The summed E-state index contributed by atoms with van der Waals surface area (Å²) in [6, 6.07) is 6.32. The fourth-order valence-corrected chi connectivity index (χ4v) is 3.70. The van der Waals surface area contributed by atoms with E-state index in [1.807, 2.05) is 13.1 Å².